The Hall–Kier alpha value is -2.96. The quantitative estimate of drug-likeness (QED) is 0.261. The highest BCUT2D eigenvalue weighted by Gasteiger charge is 2.16. The van der Waals surface area contributed by atoms with Crippen molar-refractivity contribution < 1.29 is 5.11 Å². The van der Waals surface area contributed by atoms with E-state index in [0.29, 0.717) is 17.5 Å². The maximum Gasteiger partial charge on any atom is 0.223 e. The van der Waals surface area contributed by atoms with Crippen LogP contribution in [-0.2, 0) is 0 Å². The molecule has 0 atom stereocenters. The Bertz CT molecular complexity index is 1360. The summed E-state index contributed by atoms with van der Waals surface area (Å²) in [7, 11) is 2.03. The fourth-order valence-corrected chi connectivity index (χ4v) is 5.72. The van der Waals surface area contributed by atoms with Crippen LogP contribution in [0.5, 0.6) is 5.75 Å². The largest absolute Gasteiger partial charge is 0.506 e. The number of halogens is 1. The number of aryl methyl sites for hydroxylation is 1. The lowest BCUT2D eigenvalue weighted by molar-refractivity contribution is 0.460. The predicted molar refractivity (Wildman–Crippen MR) is 148 cm³/mol. The zero-order valence-corrected chi connectivity index (χ0v) is 21.5. The predicted octanol–water partition coefficient (Wildman–Crippen LogP) is 7.85. The van der Waals surface area contributed by atoms with Gasteiger partial charge in [-0.1, -0.05) is 49.1 Å². The van der Waals surface area contributed by atoms with Gasteiger partial charge in [-0.15, -0.1) is 0 Å². The monoisotopic (exact) mass is 504 g/mol. The van der Waals surface area contributed by atoms with Gasteiger partial charge in [0.15, 0.2) is 0 Å². The Labute approximate surface area is 215 Å². The molecule has 0 amide bonds. The molecule has 0 aliphatic heterocycles. The van der Waals surface area contributed by atoms with Gasteiger partial charge < -0.3 is 14.7 Å². The second kappa shape index (κ2) is 10.3. The number of rotatable bonds is 6. The van der Waals surface area contributed by atoms with Gasteiger partial charge in [0.25, 0.3) is 0 Å². The van der Waals surface area contributed by atoms with Crippen LogP contribution in [0.25, 0.3) is 22.0 Å². The van der Waals surface area contributed by atoms with E-state index in [4.69, 9.17) is 11.6 Å². The van der Waals surface area contributed by atoms with Crippen molar-refractivity contribution in [1.29, 1.82) is 0 Å². The molecule has 1 aliphatic carbocycles. The van der Waals surface area contributed by atoms with Crippen molar-refractivity contribution in [3.8, 4) is 16.9 Å². The van der Waals surface area contributed by atoms with Gasteiger partial charge in [-0.05, 0) is 84.8 Å². The normalized spacial score (nSPS) is 14.3. The maximum atomic E-state index is 10.8. The number of hydrogen-bond acceptors (Lipinski definition) is 6. The third-order valence-corrected chi connectivity index (χ3v) is 8.04. The number of aromatic hydroxyl groups is 1. The van der Waals surface area contributed by atoms with Crippen molar-refractivity contribution in [2.75, 3.05) is 16.7 Å². The molecule has 2 N–H and O–H groups in total. The first-order chi connectivity index (χ1) is 17.0. The summed E-state index contributed by atoms with van der Waals surface area (Å²) in [5, 5.41) is 15.8. The van der Waals surface area contributed by atoms with Crippen LogP contribution in [0.4, 0.5) is 11.6 Å². The molecule has 0 bridgehead atoms. The molecule has 1 saturated carbocycles. The van der Waals surface area contributed by atoms with Crippen LogP contribution in [0.1, 0.15) is 37.7 Å². The molecule has 0 saturated heterocycles. The van der Waals surface area contributed by atoms with Gasteiger partial charge in [0, 0.05) is 35.3 Å². The molecule has 180 valence electrons. The van der Waals surface area contributed by atoms with Crippen molar-refractivity contribution in [3.05, 3.63) is 71.4 Å². The number of hydrogen-bond donors (Lipinski definition) is 2. The van der Waals surface area contributed by atoms with E-state index in [2.05, 4.69) is 44.7 Å². The molecular formula is C28H29ClN4OS. The molecule has 1 heterocycles. The average Bonchev–Trinajstić information content (AvgIpc) is 2.86. The molecule has 5 rings (SSSR count). The molecule has 1 aliphatic rings. The smallest absolute Gasteiger partial charge is 0.223 e. The molecule has 0 spiro atoms. The van der Waals surface area contributed by atoms with Gasteiger partial charge in [-0.3, -0.25) is 0 Å². The molecule has 5 nitrogen and oxygen atoms in total. The topological polar surface area (TPSA) is 61.3 Å². The van der Waals surface area contributed by atoms with E-state index in [1.807, 2.05) is 37.4 Å². The lowest BCUT2D eigenvalue weighted by Crippen LogP contribution is -2.23. The maximum absolute atomic E-state index is 10.8. The van der Waals surface area contributed by atoms with Crippen LogP contribution in [0.3, 0.4) is 0 Å². The Morgan fingerprint density at radius 3 is 2.63 bits per heavy atom. The summed E-state index contributed by atoms with van der Waals surface area (Å²) in [4.78, 5) is 10.2. The van der Waals surface area contributed by atoms with Gasteiger partial charge in [0.2, 0.25) is 5.95 Å². The number of phenolic OH excluding ortho intramolecular Hbond substituents is 1. The minimum atomic E-state index is 0.168. The van der Waals surface area contributed by atoms with Gasteiger partial charge in [0.1, 0.15) is 11.3 Å². The highest BCUT2D eigenvalue weighted by Crippen LogP contribution is 2.37. The van der Waals surface area contributed by atoms with Crippen LogP contribution in [0, 0.1) is 6.92 Å². The molecule has 4 aromatic rings. The van der Waals surface area contributed by atoms with E-state index in [1.54, 1.807) is 24.2 Å². The van der Waals surface area contributed by atoms with Crippen molar-refractivity contribution in [2.24, 2.45) is 0 Å². The van der Waals surface area contributed by atoms with E-state index >= 15 is 0 Å². The number of nitrogens with one attached hydrogen (secondary N) is 1. The van der Waals surface area contributed by atoms with Crippen LogP contribution in [-0.4, -0.2) is 28.2 Å². The lowest BCUT2D eigenvalue weighted by Gasteiger charge is -2.22. The Morgan fingerprint density at radius 1 is 1.06 bits per heavy atom. The Kier molecular flexibility index (Phi) is 7.02. The van der Waals surface area contributed by atoms with Gasteiger partial charge in [-0.25, -0.2) is 9.97 Å². The highest BCUT2D eigenvalue weighted by molar-refractivity contribution is 8.00. The van der Waals surface area contributed by atoms with Crippen molar-refractivity contribution in [2.45, 2.75) is 50.0 Å². The summed E-state index contributed by atoms with van der Waals surface area (Å²) in [5.41, 5.74) is 4.77. The average molecular weight is 505 g/mol. The molecule has 0 unspecified atom stereocenters. The van der Waals surface area contributed by atoms with Crippen molar-refractivity contribution >= 4 is 46.1 Å². The summed E-state index contributed by atoms with van der Waals surface area (Å²) in [6.07, 6.45) is 7.88. The number of benzene rings is 3. The molecule has 3 aromatic carbocycles. The zero-order valence-electron chi connectivity index (χ0n) is 20.0. The first-order valence-corrected chi connectivity index (χ1v) is 13.2. The van der Waals surface area contributed by atoms with E-state index in [1.165, 1.54) is 19.3 Å². The molecular weight excluding hydrogens is 476 g/mol. The number of fused-ring (bicyclic) bond motifs is 1. The van der Waals surface area contributed by atoms with Gasteiger partial charge in [0.05, 0.1) is 5.02 Å². The number of anilines is 2. The van der Waals surface area contributed by atoms with Crippen LogP contribution >= 0.6 is 23.5 Å². The summed E-state index contributed by atoms with van der Waals surface area (Å²) >= 11 is 7.92. The van der Waals surface area contributed by atoms with Crippen molar-refractivity contribution in [1.82, 2.24) is 9.97 Å². The highest BCUT2D eigenvalue weighted by atomic mass is 35.5. The van der Waals surface area contributed by atoms with Crippen LogP contribution < -0.4 is 9.62 Å². The van der Waals surface area contributed by atoms with Crippen LogP contribution in [0.15, 0.2) is 65.7 Å². The Balaban J connectivity index is 1.38. The molecule has 7 heteroatoms. The third kappa shape index (κ3) is 5.34. The fourth-order valence-electron chi connectivity index (χ4n) is 4.67. The fraction of sp³-hybridized carbons (Fsp3) is 0.286. The minimum Gasteiger partial charge on any atom is -0.506 e. The van der Waals surface area contributed by atoms with E-state index in [9.17, 15) is 5.11 Å². The van der Waals surface area contributed by atoms with E-state index in [-0.39, 0.29) is 5.75 Å². The van der Waals surface area contributed by atoms with Gasteiger partial charge in [-0.2, -0.15) is 0 Å². The number of nitrogens with zero attached hydrogens (tertiary/aromatic N) is 3. The van der Waals surface area contributed by atoms with Crippen LogP contribution in [0.2, 0.25) is 5.02 Å². The number of aromatic nitrogens is 2. The summed E-state index contributed by atoms with van der Waals surface area (Å²) < 4.78 is 2.10. The minimum absolute atomic E-state index is 0.168. The summed E-state index contributed by atoms with van der Waals surface area (Å²) in [6, 6.07) is 18.4. The van der Waals surface area contributed by atoms with E-state index in [0.717, 1.165) is 50.5 Å². The summed E-state index contributed by atoms with van der Waals surface area (Å²) in [5.74, 6) is 0.758. The van der Waals surface area contributed by atoms with Crippen molar-refractivity contribution in [3.63, 3.8) is 0 Å². The standard InChI is InChI=1S/C28H29ClN4OS/c1-18-14-22(33(2)35-26-11-7-6-10-24(26)29)12-13-23(18)19-15-20-17-30-28(32-27(20)25(34)16-19)31-21-8-4-3-5-9-21/h6-7,10-17,21,34H,3-5,8-9H2,1-2H3,(H,30,31,32). The molecule has 35 heavy (non-hydrogen) atoms. The number of phenols is 1. The SMILES string of the molecule is Cc1cc(N(C)Sc2ccccc2Cl)ccc1-c1cc(O)c2nc(NC3CCCCC3)ncc2c1. The summed E-state index contributed by atoms with van der Waals surface area (Å²) in [6.45, 7) is 2.09. The van der Waals surface area contributed by atoms with Gasteiger partial charge >= 0.3 is 0 Å². The first-order valence-electron chi connectivity index (χ1n) is 12.0. The van der Waals surface area contributed by atoms with E-state index < -0.39 is 0 Å². The second-order valence-corrected chi connectivity index (χ2v) is 10.7. The second-order valence-electron chi connectivity index (χ2n) is 9.12. The first kappa shape index (κ1) is 23.8. The molecule has 1 fully saturated rings. The lowest BCUT2D eigenvalue weighted by atomic mass is 9.96. The zero-order chi connectivity index (χ0) is 24.4. The third-order valence-electron chi connectivity index (χ3n) is 6.56. The molecule has 1 aromatic heterocycles. The Morgan fingerprint density at radius 2 is 1.86 bits per heavy atom. The molecule has 0 radical (unpaired) electrons.